The zero-order chi connectivity index (χ0) is 24.7. The molecule has 1 saturated heterocycles. The molecule has 36 heavy (non-hydrogen) atoms. The molecule has 3 aromatic rings. The molecule has 9 heteroatoms. The lowest BCUT2D eigenvalue weighted by atomic mass is 9.93. The van der Waals surface area contributed by atoms with Crippen molar-refractivity contribution in [3.63, 3.8) is 0 Å². The van der Waals surface area contributed by atoms with Gasteiger partial charge in [0.05, 0.1) is 35.1 Å². The minimum absolute atomic E-state index is 0.287. The Kier molecular flexibility index (Phi) is 6.29. The summed E-state index contributed by atoms with van der Waals surface area (Å²) in [6.07, 6.45) is 12.6. The van der Waals surface area contributed by atoms with Crippen LogP contribution in [-0.4, -0.2) is 48.6 Å². The summed E-state index contributed by atoms with van der Waals surface area (Å²) in [7, 11) is -1.14. The molecule has 2 aromatic heterocycles. The number of hydrogen-bond acceptors (Lipinski definition) is 6. The van der Waals surface area contributed by atoms with Crippen LogP contribution < -0.4 is 9.62 Å². The van der Waals surface area contributed by atoms with Crippen molar-refractivity contribution in [2.75, 3.05) is 29.0 Å². The van der Waals surface area contributed by atoms with Gasteiger partial charge in [-0.1, -0.05) is 24.1 Å². The summed E-state index contributed by atoms with van der Waals surface area (Å²) in [5.41, 5.74) is 5.51. The molecule has 2 N–H and O–H groups in total. The number of aromatic nitrogens is 4. The van der Waals surface area contributed by atoms with Crippen LogP contribution >= 0.6 is 0 Å². The molecule has 1 spiro atoms. The van der Waals surface area contributed by atoms with Gasteiger partial charge in [0, 0.05) is 25.0 Å². The largest absolute Gasteiger partial charge is 0.387 e. The van der Waals surface area contributed by atoms with Crippen LogP contribution in [0.3, 0.4) is 0 Å². The highest BCUT2D eigenvalue weighted by Gasteiger charge is 2.44. The lowest BCUT2D eigenvalue weighted by molar-refractivity contribution is 0.107. The molecule has 2 aliphatic carbocycles. The Labute approximate surface area is 214 Å². The van der Waals surface area contributed by atoms with Gasteiger partial charge >= 0.3 is 0 Å². The molecule has 0 amide bonds. The van der Waals surface area contributed by atoms with E-state index in [1.807, 2.05) is 36.5 Å². The first-order valence-electron chi connectivity index (χ1n) is 13.1. The number of hydrogen-bond donors (Lipinski definition) is 2. The molecule has 6 rings (SSSR count). The molecule has 190 valence electrons. The number of benzene rings is 1. The van der Waals surface area contributed by atoms with E-state index in [9.17, 15) is 9.32 Å². The molecular formula is C27H34N6O2S. The molecule has 8 nitrogen and oxygen atoms in total. The summed E-state index contributed by atoms with van der Waals surface area (Å²) in [5.74, 6) is 0.287. The third kappa shape index (κ3) is 4.78. The van der Waals surface area contributed by atoms with E-state index in [2.05, 4.69) is 26.0 Å². The predicted octanol–water partition coefficient (Wildman–Crippen LogP) is 4.64. The van der Waals surface area contributed by atoms with Gasteiger partial charge in [0.2, 0.25) is 0 Å². The Morgan fingerprint density at radius 1 is 1.06 bits per heavy atom. The third-order valence-electron chi connectivity index (χ3n) is 8.28. The highest BCUT2D eigenvalue weighted by molar-refractivity contribution is 7.85. The summed E-state index contributed by atoms with van der Waals surface area (Å²) in [4.78, 5) is 7.17. The molecule has 1 aromatic carbocycles. The first-order chi connectivity index (χ1) is 17.5. The number of nitrogens with one attached hydrogen (secondary N) is 1. The maximum absolute atomic E-state index is 11.8. The summed E-state index contributed by atoms with van der Waals surface area (Å²) >= 11 is 0. The molecule has 3 heterocycles. The second kappa shape index (κ2) is 9.59. The average molecular weight is 507 g/mol. The van der Waals surface area contributed by atoms with Gasteiger partial charge in [-0.3, -0.25) is 0 Å². The third-order valence-corrected chi connectivity index (χ3v) is 8.80. The topological polar surface area (TPSA) is 96.2 Å². The van der Waals surface area contributed by atoms with Gasteiger partial charge < -0.3 is 14.7 Å². The van der Waals surface area contributed by atoms with Crippen molar-refractivity contribution in [2.24, 2.45) is 11.3 Å². The van der Waals surface area contributed by atoms with Crippen molar-refractivity contribution in [1.29, 1.82) is 0 Å². The zero-order valence-corrected chi connectivity index (χ0v) is 21.6. The number of aliphatic hydroxyl groups excluding tert-OH is 1. The highest BCUT2D eigenvalue weighted by Crippen LogP contribution is 2.54. The van der Waals surface area contributed by atoms with Gasteiger partial charge in [-0.15, -0.1) is 5.10 Å². The van der Waals surface area contributed by atoms with Crippen LogP contribution in [0.15, 0.2) is 42.6 Å². The molecule has 0 radical (unpaired) electrons. The minimum Gasteiger partial charge on any atom is -0.387 e. The van der Waals surface area contributed by atoms with Crippen molar-refractivity contribution < 1.29 is 9.32 Å². The van der Waals surface area contributed by atoms with Crippen LogP contribution in [0, 0.1) is 11.3 Å². The van der Waals surface area contributed by atoms with Gasteiger partial charge in [-0.05, 0) is 80.2 Å². The number of aliphatic hydroxyl groups is 1. The van der Waals surface area contributed by atoms with Crippen LogP contribution in [0.2, 0.25) is 0 Å². The van der Waals surface area contributed by atoms with E-state index in [4.69, 9.17) is 4.98 Å². The maximum Gasteiger partial charge on any atom is 0.131 e. The van der Waals surface area contributed by atoms with Crippen molar-refractivity contribution in [3.8, 4) is 17.1 Å². The van der Waals surface area contributed by atoms with Gasteiger partial charge in [0.25, 0.3) is 0 Å². The van der Waals surface area contributed by atoms with Crippen LogP contribution in [0.25, 0.3) is 17.1 Å². The smallest absolute Gasteiger partial charge is 0.131 e. The molecular weight excluding hydrogens is 472 g/mol. The Balaban J connectivity index is 1.29. The zero-order valence-electron chi connectivity index (χ0n) is 20.8. The van der Waals surface area contributed by atoms with Crippen LogP contribution in [0.5, 0.6) is 0 Å². The molecule has 2 unspecified atom stereocenters. The first-order valence-corrected chi connectivity index (χ1v) is 14.6. The van der Waals surface area contributed by atoms with Crippen molar-refractivity contribution >= 4 is 22.4 Å². The van der Waals surface area contributed by atoms with E-state index >= 15 is 0 Å². The predicted molar refractivity (Wildman–Crippen MR) is 142 cm³/mol. The quantitative estimate of drug-likeness (QED) is 0.485. The lowest BCUT2D eigenvalue weighted by Gasteiger charge is -2.35. The Morgan fingerprint density at radius 2 is 1.83 bits per heavy atom. The average Bonchev–Trinajstić information content (AvgIpc) is 3.29. The second-order valence-corrected chi connectivity index (χ2v) is 11.8. The second-order valence-electron chi connectivity index (χ2n) is 10.7. The van der Waals surface area contributed by atoms with E-state index in [0.717, 1.165) is 43.0 Å². The maximum atomic E-state index is 11.8. The Bertz CT molecular complexity index is 1260. The summed E-state index contributed by atoms with van der Waals surface area (Å²) in [5, 5.41) is 19.7. The standard InChI is InChI=1S/C27H34N6O2S/c1-36(35)30-20-9-10-24(25(17-20)32-15-13-27(11-12-27)14-16-32)33-18-23(29-31-33)21-7-4-8-22(28-21)26(34)19-5-2-3-6-19/h4,7-10,17-19,26,30,34H,2-3,5-6,11-16H2,1H3. The summed E-state index contributed by atoms with van der Waals surface area (Å²) in [6, 6.07) is 11.8. The van der Waals surface area contributed by atoms with Gasteiger partial charge in [0.15, 0.2) is 0 Å². The van der Waals surface area contributed by atoms with E-state index < -0.39 is 17.1 Å². The van der Waals surface area contributed by atoms with E-state index in [-0.39, 0.29) is 5.92 Å². The van der Waals surface area contributed by atoms with Crippen molar-refractivity contribution in [2.45, 2.75) is 57.5 Å². The van der Waals surface area contributed by atoms with E-state index in [1.54, 1.807) is 10.9 Å². The number of pyridine rings is 1. The van der Waals surface area contributed by atoms with Crippen molar-refractivity contribution in [1.82, 2.24) is 20.0 Å². The normalized spacial score (nSPS) is 21.0. The minimum atomic E-state index is -1.14. The molecule has 3 fully saturated rings. The monoisotopic (exact) mass is 506 g/mol. The number of rotatable bonds is 7. The molecule has 3 aliphatic rings. The number of piperidine rings is 1. The van der Waals surface area contributed by atoms with Gasteiger partial charge in [-0.2, -0.15) is 0 Å². The molecule has 1 aliphatic heterocycles. The van der Waals surface area contributed by atoms with Crippen LogP contribution in [-0.2, 0) is 11.0 Å². The molecule has 2 atom stereocenters. The van der Waals surface area contributed by atoms with E-state index in [0.29, 0.717) is 22.5 Å². The fourth-order valence-electron chi connectivity index (χ4n) is 5.87. The molecule has 2 saturated carbocycles. The van der Waals surface area contributed by atoms with Gasteiger partial charge in [-0.25, -0.2) is 13.9 Å². The fraction of sp³-hybridized carbons (Fsp3) is 0.519. The van der Waals surface area contributed by atoms with Gasteiger partial charge in [0.1, 0.15) is 16.7 Å². The highest BCUT2D eigenvalue weighted by atomic mass is 32.2. The fourth-order valence-corrected chi connectivity index (χ4v) is 6.33. The van der Waals surface area contributed by atoms with E-state index in [1.165, 1.54) is 38.5 Å². The number of anilines is 2. The Hall–Kier alpha value is -2.78. The van der Waals surface area contributed by atoms with Crippen LogP contribution in [0.4, 0.5) is 11.4 Å². The summed E-state index contributed by atoms with van der Waals surface area (Å²) < 4.78 is 16.6. The number of nitrogens with zero attached hydrogens (tertiary/aromatic N) is 5. The SMILES string of the molecule is CS(=O)Nc1ccc(-n2cc(-c3cccc(C(O)C4CCCC4)n3)nn2)c(N2CCC3(CC2)CC3)c1. The molecule has 0 bridgehead atoms. The Morgan fingerprint density at radius 3 is 2.56 bits per heavy atom. The first kappa shape index (κ1) is 23.6. The van der Waals surface area contributed by atoms with Crippen molar-refractivity contribution in [3.05, 3.63) is 48.3 Å². The lowest BCUT2D eigenvalue weighted by Crippen LogP contribution is -2.35. The van der Waals surface area contributed by atoms with Crippen LogP contribution in [0.1, 0.15) is 63.2 Å². The summed E-state index contributed by atoms with van der Waals surface area (Å²) in [6.45, 7) is 2.02.